The number of rotatable bonds is 3. The van der Waals surface area contributed by atoms with Gasteiger partial charge in [0, 0.05) is 18.7 Å². The number of hydrogen-bond acceptors (Lipinski definition) is 3. The first-order valence-corrected chi connectivity index (χ1v) is 5.68. The molecule has 1 aliphatic rings. The first-order chi connectivity index (χ1) is 7.65. The van der Waals surface area contributed by atoms with Crippen LogP contribution in [0, 0.1) is 0 Å². The molecule has 2 rings (SSSR count). The lowest BCUT2D eigenvalue weighted by Gasteiger charge is -2.17. The number of nitrogens with zero attached hydrogens (tertiary/aromatic N) is 1. The van der Waals surface area contributed by atoms with Crippen molar-refractivity contribution in [1.82, 2.24) is 0 Å². The van der Waals surface area contributed by atoms with Gasteiger partial charge < -0.3 is 9.64 Å². The van der Waals surface area contributed by atoms with Gasteiger partial charge in [0.25, 0.3) is 0 Å². The van der Waals surface area contributed by atoms with Gasteiger partial charge in [0.05, 0.1) is 12.6 Å². The lowest BCUT2D eigenvalue weighted by molar-refractivity contribution is -0.116. The van der Waals surface area contributed by atoms with Gasteiger partial charge in [-0.25, -0.2) is 0 Å². The predicted molar refractivity (Wildman–Crippen MR) is 64.0 cm³/mol. The monoisotopic (exact) mass is 219 g/mol. The van der Waals surface area contributed by atoms with Gasteiger partial charge in [0.2, 0.25) is 0 Å². The standard InChI is InChI=1S/C13H17NO2/c1-10(2)16-13-5-3-11(4-6-13)14-8-7-12(15)9-14/h3-6,10H,7-9H2,1-2H3. The van der Waals surface area contributed by atoms with Gasteiger partial charge in [-0.1, -0.05) is 0 Å². The Morgan fingerprint density at radius 1 is 1.25 bits per heavy atom. The van der Waals surface area contributed by atoms with E-state index < -0.39 is 0 Å². The highest BCUT2D eigenvalue weighted by Gasteiger charge is 2.19. The Bertz CT molecular complexity index is 370. The smallest absolute Gasteiger partial charge is 0.153 e. The molecule has 1 fully saturated rings. The molecule has 3 heteroatoms. The molecule has 1 heterocycles. The van der Waals surface area contributed by atoms with Gasteiger partial charge in [-0.3, -0.25) is 4.79 Å². The highest BCUT2D eigenvalue weighted by molar-refractivity contribution is 5.87. The van der Waals surface area contributed by atoms with E-state index in [4.69, 9.17) is 4.74 Å². The summed E-state index contributed by atoms with van der Waals surface area (Å²) in [4.78, 5) is 13.3. The lowest BCUT2D eigenvalue weighted by atomic mass is 10.3. The summed E-state index contributed by atoms with van der Waals surface area (Å²) in [5, 5.41) is 0. The Morgan fingerprint density at radius 3 is 2.44 bits per heavy atom. The molecule has 1 aromatic rings. The van der Waals surface area contributed by atoms with Crippen LogP contribution in [0.4, 0.5) is 5.69 Å². The van der Waals surface area contributed by atoms with Crippen molar-refractivity contribution in [1.29, 1.82) is 0 Å². The predicted octanol–water partition coefficient (Wildman–Crippen LogP) is 2.25. The molecule has 1 aliphatic heterocycles. The van der Waals surface area contributed by atoms with E-state index in [1.165, 1.54) is 0 Å². The van der Waals surface area contributed by atoms with Crippen LogP contribution in [-0.4, -0.2) is 25.0 Å². The average Bonchev–Trinajstić information content (AvgIpc) is 2.65. The topological polar surface area (TPSA) is 29.5 Å². The van der Waals surface area contributed by atoms with E-state index in [0.717, 1.165) is 18.0 Å². The van der Waals surface area contributed by atoms with Crippen LogP contribution in [0.3, 0.4) is 0 Å². The van der Waals surface area contributed by atoms with Crippen LogP contribution in [-0.2, 0) is 4.79 Å². The van der Waals surface area contributed by atoms with Crippen molar-refractivity contribution in [3.8, 4) is 5.75 Å². The first kappa shape index (κ1) is 11.0. The first-order valence-electron chi connectivity index (χ1n) is 5.68. The molecule has 0 spiro atoms. The third-order valence-electron chi connectivity index (χ3n) is 2.60. The van der Waals surface area contributed by atoms with E-state index in [2.05, 4.69) is 4.90 Å². The minimum absolute atomic E-state index is 0.194. The molecule has 1 saturated heterocycles. The fraction of sp³-hybridized carbons (Fsp3) is 0.462. The number of Topliss-reactive ketones (excluding diaryl/α,β-unsaturated/α-hetero) is 1. The summed E-state index contributed by atoms with van der Waals surface area (Å²) in [5.41, 5.74) is 1.10. The molecule has 0 atom stereocenters. The SMILES string of the molecule is CC(C)Oc1ccc(N2CCC(=O)C2)cc1. The number of benzene rings is 1. The molecule has 86 valence electrons. The van der Waals surface area contributed by atoms with Crippen LogP contribution in [0.25, 0.3) is 0 Å². The van der Waals surface area contributed by atoms with Crippen molar-refractivity contribution in [2.45, 2.75) is 26.4 Å². The van der Waals surface area contributed by atoms with Gasteiger partial charge in [-0.05, 0) is 38.1 Å². The Hall–Kier alpha value is -1.51. The van der Waals surface area contributed by atoms with Crippen LogP contribution >= 0.6 is 0 Å². The van der Waals surface area contributed by atoms with Gasteiger partial charge in [-0.2, -0.15) is 0 Å². The lowest BCUT2D eigenvalue weighted by Crippen LogP contribution is -2.19. The van der Waals surface area contributed by atoms with Gasteiger partial charge in [-0.15, -0.1) is 0 Å². The highest BCUT2D eigenvalue weighted by Crippen LogP contribution is 2.22. The zero-order valence-corrected chi connectivity index (χ0v) is 9.77. The minimum Gasteiger partial charge on any atom is -0.491 e. The number of anilines is 1. The summed E-state index contributed by atoms with van der Waals surface area (Å²) in [6, 6.07) is 7.93. The largest absolute Gasteiger partial charge is 0.491 e. The molecule has 1 aromatic carbocycles. The maximum Gasteiger partial charge on any atom is 0.153 e. The number of hydrogen-bond donors (Lipinski definition) is 0. The second-order valence-corrected chi connectivity index (χ2v) is 4.37. The van der Waals surface area contributed by atoms with Crippen molar-refractivity contribution in [2.24, 2.45) is 0 Å². The van der Waals surface area contributed by atoms with Gasteiger partial charge >= 0.3 is 0 Å². The summed E-state index contributed by atoms with van der Waals surface area (Å²) in [7, 11) is 0. The van der Waals surface area contributed by atoms with Gasteiger partial charge in [0.15, 0.2) is 5.78 Å². The number of ketones is 1. The molecule has 0 unspecified atom stereocenters. The van der Waals surface area contributed by atoms with E-state index >= 15 is 0 Å². The summed E-state index contributed by atoms with van der Waals surface area (Å²) >= 11 is 0. The molecular weight excluding hydrogens is 202 g/mol. The van der Waals surface area contributed by atoms with Crippen molar-refractivity contribution >= 4 is 11.5 Å². The number of ether oxygens (including phenoxy) is 1. The van der Waals surface area contributed by atoms with Crippen molar-refractivity contribution in [3.63, 3.8) is 0 Å². The van der Waals surface area contributed by atoms with E-state index in [0.29, 0.717) is 18.7 Å². The summed E-state index contributed by atoms with van der Waals surface area (Å²) in [6.07, 6.45) is 0.865. The quantitative estimate of drug-likeness (QED) is 0.781. The normalized spacial score (nSPS) is 15.9. The Labute approximate surface area is 96.0 Å². The fourth-order valence-electron chi connectivity index (χ4n) is 1.86. The molecule has 0 amide bonds. The molecule has 16 heavy (non-hydrogen) atoms. The van der Waals surface area contributed by atoms with Crippen molar-refractivity contribution in [2.75, 3.05) is 18.0 Å². The molecule has 3 nitrogen and oxygen atoms in total. The van der Waals surface area contributed by atoms with Gasteiger partial charge in [0.1, 0.15) is 5.75 Å². The van der Waals surface area contributed by atoms with Crippen LogP contribution in [0.15, 0.2) is 24.3 Å². The summed E-state index contributed by atoms with van der Waals surface area (Å²) < 4.78 is 5.57. The Balaban J connectivity index is 2.04. The van der Waals surface area contributed by atoms with Crippen LogP contribution in [0.5, 0.6) is 5.75 Å². The maximum absolute atomic E-state index is 11.2. The van der Waals surface area contributed by atoms with E-state index in [1.54, 1.807) is 0 Å². The second kappa shape index (κ2) is 4.56. The fourth-order valence-corrected chi connectivity index (χ4v) is 1.86. The minimum atomic E-state index is 0.194. The zero-order valence-electron chi connectivity index (χ0n) is 9.77. The van der Waals surface area contributed by atoms with E-state index in [-0.39, 0.29) is 6.10 Å². The third kappa shape index (κ3) is 2.54. The number of carbonyl (C=O) groups is 1. The maximum atomic E-state index is 11.2. The van der Waals surface area contributed by atoms with E-state index in [9.17, 15) is 4.79 Å². The van der Waals surface area contributed by atoms with E-state index in [1.807, 2.05) is 38.1 Å². The third-order valence-corrected chi connectivity index (χ3v) is 2.60. The molecule has 0 saturated carbocycles. The number of carbonyl (C=O) groups excluding carboxylic acids is 1. The van der Waals surface area contributed by atoms with Crippen LogP contribution < -0.4 is 9.64 Å². The average molecular weight is 219 g/mol. The summed E-state index contributed by atoms with van der Waals surface area (Å²) in [6.45, 7) is 5.40. The molecule has 0 N–H and O–H groups in total. The zero-order chi connectivity index (χ0) is 11.5. The molecule has 0 aromatic heterocycles. The second-order valence-electron chi connectivity index (χ2n) is 4.37. The molecular formula is C13H17NO2. The van der Waals surface area contributed by atoms with Crippen molar-refractivity contribution < 1.29 is 9.53 Å². The molecule has 0 bridgehead atoms. The molecule has 0 radical (unpaired) electrons. The molecule has 0 aliphatic carbocycles. The summed E-state index contributed by atoms with van der Waals surface area (Å²) in [5.74, 6) is 1.20. The van der Waals surface area contributed by atoms with Crippen LogP contribution in [0.2, 0.25) is 0 Å². The Kier molecular flexibility index (Phi) is 3.13. The van der Waals surface area contributed by atoms with Crippen molar-refractivity contribution in [3.05, 3.63) is 24.3 Å². The van der Waals surface area contributed by atoms with Crippen LogP contribution in [0.1, 0.15) is 20.3 Å². The Morgan fingerprint density at radius 2 is 1.94 bits per heavy atom. The highest BCUT2D eigenvalue weighted by atomic mass is 16.5.